The molecule has 0 spiro atoms. The molecule has 1 atom stereocenters. The Morgan fingerprint density at radius 1 is 1.39 bits per heavy atom. The number of alkyl halides is 2. The minimum absolute atomic E-state index is 0.168. The molecular weight excluding hydrogens is 323 g/mol. The number of halogens is 2. The van der Waals surface area contributed by atoms with Crippen LogP contribution in [0.3, 0.4) is 0 Å². The highest BCUT2D eigenvalue weighted by Gasteiger charge is 2.19. The van der Waals surface area contributed by atoms with Crippen molar-refractivity contribution in [3.63, 3.8) is 0 Å². The van der Waals surface area contributed by atoms with Crippen molar-refractivity contribution in [2.45, 2.75) is 17.9 Å². The number of carbonyl (C=O) groups excluding carboxylic acids is 1. The third-order valence-corrected chi connectivity index (χ3v) is 3.24. The van der Waals surface area contributed by atoms with Gasteiger partial charge in [-0.25, -0.2) is 4.79 Å². The summed E-state index contributed by atoms with van der Waals surface area (Å²) in [7, 11) is 0. The van der Waals surface area contributed by atoms with Crippen LogP contribution < -0.4 is 0 Å². The summed E-state index contributed by atoms with van der Waals surface area (Å²) in [5, 5.41) is 18.7. The summed E-state index contributed by atoms with van der Waals surface area (Å²) in [5.41, 5.74) is 1.32. The molecule has 0 saturated carbocycles. The first-order valence-electron chi connectivity index (χ1n) is 5.20. The van der Waals surface area contributed by atoms with Crippen LogP contribution in [0.4, 0.5) is 0 Å². The highest BCUT2D eigenvalue weighted by molar-refractivity contribution is 9.08. The summed E-state index contributed by atoms with van der Waals surface area (Å²) in [5.74, 6) is -1.32. The monoisotopic (exact) mass is 334 g/mol. The van der Waals surface area contributed by atoms with Gasteiger partial charge in [-0.05, 0) is 17.2 Å². The van der Waals surface area contributed by atoms with Crippen LogP contribution in [0.15, 0.2) is 18.2 Å². The Kier molecular flexibility index (Phi) is 5.78. The number of benzene rings is 1. The first-order valence-corrected chi connectivity index (χ1v) is 6.85. The van der Waals surface area contributed by atoms with E-state index in [0.29, 0.717) is 10.9 Å². The molecule has 0 radical (unpaired) electrons. The van der Waals surface area contributed by atoms with Crippen LogP contribution in [0, 0.1) is 0 Å². The molecule has 18 heavy (non-hydrogen) atoms. The number of Topliss-reactive ketones (excluding diaryl/α,β-unsaturated/α-hetero) is 1. The highest BCUT2D eigenvalue weighted by Crippen LogP contribution is 2.21. The lowest BCUT2D eigenvalue weighted by atomic mass is 9.98. The van der Waals surface area contributed by atoms with Crippen molar-refractivity contribution in [1.82, 2.24) is 0 Å². The zero-order valence-corrected chi connectivity index (χ0v) is 11.7. The number of aliphatic hydroxyl groups excluding tert-OH is 1. The quantitative estimate of drug-likeness (QED) is 0.619. The number of hydrogen-bond acceptors (Lipinski definition) is 3. The van der Waals surface area contributed by atoms with Crippen molar-refractivity contribution < 1.29 is 19.8 Å². The molecule has 1 unspecified atom stereocenters. The van der Waals surface area contributed by atoms with E-state index in [9.17, 15) is 14.7 Å². The van der Waals surface area contributed by atoms with Crippen LogP contribution in [-0.4, -0.2) is 27.8 Å². The number of ketones is 1. The molecule has 0 saturated heterocycles. The van der Waals surface area contributed by atoms with E-state index < -0.39 is 12.1 Å². The number of carbonyl (C=O) groups is 2. The lowest BCUT2D eigenvalue weighted by Crippen LogP contribution is -2.12. The van der Waals surface area contributed by atoms with Crippen LogP contribution in [0.25, 0.3) is 0 Å². The largest absolute Gasteiger partial charge is 0.479 e. The average molecular weight is 336 g/mol. The van der Waals surface area contributed by atoms with Gasteiger partial charge in [-0.3, -0.25) is 4.79 Å². The molecule has 98 valence electrons. The first-order chi connectivity index (χ1) is 8.51. The second-order valence-electron chi connectivity index (χ2n) is 3.65. The smallest absolute Gasteiger partial charge is 0.337 e. The Labute approximate surface area is 118 Å². The molecule has 0 aliphatic rings. The van der Waals surface area contributed by atoms with Crippen molar-refractivity contribution in [3.05, 3.63) is 34.9 Å². The van der Waals surface area contributed by atoms with E-state index in [1.165, 1.54) is 12.1 Å². The second kappa shape index (κ2) is 6.87. The van der Waals surface area contributed by atoms with Crippen molar-refractivity contribution in [1.29, 1.82) is 0 Å². The molecule has 2 N–H and O–H groups in total. The van der Waals surface area contributed by atoms with Crippen LogP contribution >= 0.6 is 27.5 Å². The van der Waals surface area contributed by atoms with E-state index in [-0.39, 0.29) is 23.6 Å². The second-order valence-corrected chi connectivity index (χ2v) is 4.59. The van der Waals surface area contributed by atoms with Gasteiger partial charge < -0.3 is 10.2 Å². The third-order valence-electron chi connectivity index (χ3n) is 2.45. The van der Waals surface area contributed by atoms with E-state index in [1.807, 2.05) is 0 Å². The summed E-state index contributed by atoms with van der Waals surface area (Å²) in [4.78, 5) is 22.5. The van der Waals surface area contributed by atoms with Crippen molar-refractivity contribution in [2.24, 2.45) is 0 Å². The van der Waals surface area contributed by atoms with Gasteiger partial charge in [0.05, 0.1) is 0 Å². The van der Waals surface area contributed by atoms with Crippen LogP contribution in [0.5, 0.6) is 0 Å². The summed E-state index contributed by atoms with van der Waals surface area (Å²) >= 11 is 8.77. The SMILES string of the molecule is O=C(CCCl)c1cc(C(O)C(=O)O)ccc1CBr. The fourth-order valence-corrected chi connectivity index (χ4v) is 2.16. The van der Waals surface area contributed by atoms with Crippen molar-refractivity contribution in [3.8, 4) is 0 Å². The highest BCUT2D eigenvalue weighted by atomic mass is 79.9. The number of rotatable bonds is 6. The summed E-state index contributed by atoms with van der Waals surface area (Å²) in [6.45, 7) is 0. The van der Waals surface area contributed by atoms with Crippen LogP contribution in [0.1, 0.15) is 34.0 Å². The van der Waals surface area contributed by atoms with Crippen LogP contribution in [-0.2, 0) is 10.1 Å². The molecular formula is C12H12BrClO4. The molecule has 0 amide bonds. The maximum absolute atomic E-state index is 11.8. The molecule has 1 rings (SSSR count). The Morgan fingerprint density at radius 2 is 2.06 bits per heavy atom. The standard InChI is InChI=1S/C12H12BrClO4/c13-6-8-2-1-7(11(16)12(17)18)5-9(8)10(15)3-4-14/h1-2,5,11,16H,3-4,6H2,(H,17,18). The van der Waals surface area contributed by atoms with Gasteiger partial charge in [-0.15, -0.1) is 11.6 Å². The zero-order valence-electron chi connectivity index (χ0n) is 9.40. The van der Waals surface area contributed by atoms with Crippen molar-refractivity contribution >= 4 is 39.3 Å². The fraction of sp³-hybridized carbons (Fsp3) is 0.333. The van der Waals surface area contributed by atoms with Gasteiger partial charge in [0.25, 0.3) is 0 Å². The van der Waals surface area contributed by atoms with Gasteiger partial charge in [-0.2, -0.15) is 0 Å². The summed E-state index contributed by atoms with van der Waals surface area (Å²) in [6, 6.07) is 4.52. The number of carboxylic acid groups (broad SMARTS) is 1. The third kappa shape index (κ3) is 3.54. The Balaban J connectivity index is 3.17. The topological polar surface area (TPSA) is 74.6 Å². The van der Waals surface area contributed by atoms with Crippen LogP contribution in [0.2, 0.25) is 0 Å². The van der Waals surface area contributed by atoms with Gasteiger partial charge in [0.1, 0.15) is 0 Å². The molecule has 0 aromatic heterocycles. The molecule has 0 heterocycles. The maximum atomic E-state index is 11.8. The Hall–Kier alpha value is -0.910. The van der Waals surface area contributed by atoms with E-state index in [2.05, 4.69) is 15.9 Å². The van der Waals surface area contributed by atoms with E-state index in [0.717, 1.165) is 5.56 Å². The molecule has 6 heteroatoms. The predicted molar refractivity (Wildman–Crippen MR) is 71.3 cm³/mol. The van der Waals surface area contributed by atoms with Gasteiger partial charge >= 0.3 is 5.97 Å². The van der Waals surface area contributed by atoms with Gasteiger partial charge in [0.15, 0.2) is 11.9 Å². The fourth-order valence-electron chi connectivity index (χ4n) is 1.50. The molecule has 0 bridgehead atoms. The predicted octanol–water partition coefficient (Wildman–Crippen LogP) is 2.51. The first kappa shape index (κ1) is 15.1. The van der Waals surface area contributed by atoms with Gasteiger partial charge in [-0.1, -0.05) is 28.1 Å². The minimum atomic E-state index is -1.63. The molecule has 4 nitrogen and oxygen atoms in total. The number of carboxylic acids is 1. The average Bonchev–Trinajstić information content (AvgIpc) is 2.37. The van der Waals surface area contributed by atoms with Crippen molar-refractivity contribution in [2.75, 3.05) is 5.88 Å². The zero-order chi connectivity index (χ0) is 13.7. The molecule has 0 aliphatic heterocycles. The Bertz CT molecular complexity index is 461. The van der Waals surface area contributed by atoms with E-state index in [1.54, 1.807) is 6.07 Å². The molecule has 1 aromatic carbocycles. The Morgan fingerprint density at radius 3 is 2.56 bits per heavy atom. The molecule has 0 fully saturated rings. The number of hydrogen-bond donors (Lipinski definition) is 2. The van der Waals surface area contributed by atoms with E-state index >= 15 is 0 Å². The molecule has 0 aliphatic carbocycles. The lowest BCUT2D eigenvalue weighted by molar-refractivity contribution is -0.146. The molecule has 1 aromatic rings. The maximum Gasteiger partial charge on any atom is 0.337 e. The van der Waals surface area contributed by atoms with Gasteiger partial charge in [0, 0.05) is 23.2 Å². The normalized spacial score (nSPS) is 12.2. The minimum Gasteiger partial charge on any atom is -0.479 e. The summed E-state index contributed by atoms with van der Waals surface area (Å²) < 4.78 is 0. The van der Waals surface area contributed by atoms with Gasteiger partial charge in [0.2, 0.25) is 0 Å². The summed E-state index contributed by atoms with van der Waals surface area (Å²) in [6.07, 6.45) is -1.45. The van der Waals surface area contributed by atoms with E-state index in [4.69, 9.17) is 16.7 Å². The number of aliphatic hydroxyl groups is 1. The lowest BCUT2D eigenvalue weighted by Gasteiger charge is -2.11. The number of aliphatic carboxylic acids is 1.